The molecule has 1 aliphatic carbocycles. The molecule has 0 radical (unpaired) electrons. The summed E-state index contributed by atoms with van der Waals surface area (Å²) in [5.41, 5.74) is 2.62. The van der Waals surface area contributed by atoms with E-state index in [-0.39, 0.29) is 35.7 Å². The van der Waals surface area contributed by atoms with E-state index in [9.17, 15) is 14.4 Å². The van der Waals surface area contributed by atoms with E-state index in [2.05, 4.69) is 10.6 Å². The number of piperidine rings is 1. The van der Waals surface area contributed by atoms with Gasteiger partial charge in [0, 0.05) is 42.7 Å². The molecule has 1 saturated heterocycles. The lowest BCUT2D eigenvalue weighted by molar-refractivity contribution is -0.132. The van der Waals surface area contributed by atoms with Crippen LogP contribution < -0.4 is 10.6 Å². The first kappa shape index (κ1) is 24.7. The molecule has 1 heterocycles. The minimum atomic E-state index is -0.105. The van der Waals surface area contributed by atoms with Gasteiger partial charge in [-0.15, -0.1) is 0 Å². The number of amides is 3. The van der Waals surface area contributed by atoms with Crippen LogP contribution in [0.3, 0.4) is 0 Å². The molecule has 2 fully saturated rings. The van der Waals surface area contributed by atoms with E-state index in [1.54, 1.807) is 6.08 Å². The van der Waals surface area contributed by atoms with Gasteiger partial charge in [-0.2, -0.15) is 0 Å². The summed E-state index contributed by atoms with van der Waals surface area (Å²) in [5, 5.41) is 6.40. The first-order chi connectivity index (χ1) is 17.0. The van der Waals surface area contributed by atoms with Gasteiger partial charge in [0.2, 0.25) is 11.8 Å². The Morgan fingerprint density at radius 2 is 1.46 bits per heavy atom. The Morgan fingerprint density at radius 3 is 2.14 bits per heavy atom. The molecule has 0 bridgehead atoms. The lowest BCUT2D eigenvalue weighted by Crippen LogP contribution is -2.55. The zero-order valence-corrected chi connectivity index (χ0v) is 20.4. The van der Waals surface area contributed by atoms with Gasteiger partial charge in [0.05, 0.1) is 0 Å². The summed E-state index contributed by atoms with van der Waals surface area (Å²) in [6.07, 6.45) is 8.57. The van der Waals surface area contributed by atoms with Crippen molar-refractivity contribution in [1.82, 2.24) is 15.5 Å². The van der Waals surface area contributed by atoms with Crippen LogP contribution in [-0.4, -0.2) is 47.8 Å². The van der Waals surface area contributed by atoms with Gasteiger partial charge >= 0.3 is 0 Å². The van der Waals surface area contributed by atoms with E-state index in [1.807, 2.05) is 72.5 Å². The van der Waals surface area contributed by atoms with Crippen molar-refractivity contribution in [2.24, 2.45) is 5.92 Å². The minimum Gasteiger partial charge on any atom is -0.351 e. The van der Waals surface area contributed by atoms with Crippen LogP contribution in [0.2, 0.25) is 0 Å². The van der Waals surface area contributed by atoms with Crippen molar-refractivity contribution in [3.63, 3.8) is 0 Å². The van der Waals surface area contributed by atoms with Crippen molar-refractivity contribution in [2.75, 3.05) is 13.1 Å². The number of aryl methyl sites for hydroxylation is 1. The highest BCUT2D eigenvalue weighted by Gasteiger charge is 2.32. The maximum absolute atomic E-state index is 13.1. The topological polar surface area (TPSA) is 78.5 Å². The summed E-state index contributed by atoms with van der Waals surface area (Å²) in [5.74, 6) is -0.158. The Morgan fingerprint density at radius 1 is 0.829 bits per heavy atom. The zero-order chi connectivity index (χ0) is 24.6. The summed E-state index contributed by atoms with van der Waals surface area (Å²) in [6, 6.07) is 17.2. The van der Waals surface area contributed by atoms with Gasteiger partial charge < -0.3 is 15.5 Å². The summed E-state index contributed by atoms with van der Waals surface area (Å²) in [4.78, 5) is 40.3. The van der Waals surface area contributed by atoms with Crippen molar-refractivity contribution in [1.29, 1.82) is 0 Å². The first-order valence-electron chi connectivity index (χ1n) is 12.7. The highest BCUT2D eigenvalue weighted by Crippen LogP contribution is 2.23. The van der Waals surface area contributed by atoms with Gasteiger partial charge in [0.1, 0.15) is 0 Å². The molecule has 1 unspecified atom stereocenters. The van der Waals surface area contributed by atoms with Crippen molar-refractivity contribution in [3.8, 4) is 0 Å². The molecule has 35 heavy (non-hydrogen) atoms. The predicted molar refractivity (Wildman–Crippen MR) is 138 cm³/mol. The molecular formula is C29H35N3O3. The molecule has 3 amide bonds. The van der Waals surface area contributed by atoms with Gasteiger partial charge in [-0.25, -0.2) is 0 Å². The van der Waals surface area contributed by atoms with Crippen LogP contribution in [0.15, 0.2) is 60.7 Å². The standard InChI is InChI=1S/C29H35N3O3/c1-21-9-5-6-12-24(21)29(35)31-26-14-8-7-13-25(26)30-28(34)23-17-19-32(20-18-23)27(33)16-15-22-10-3-2-4-11-22/h2-6,9-12,15-16,23,25-26H,7-8,13-14,17-20H2,1H3,(H,30,34)(H,31,35)/b16-15+/t25?,26-/m1/s1. The molecule has 2 N–H and O–H groups in total. The van der Waals surface area contributed by atoms with Gasteiger partial charge in [-0.05, 0) is 55.9 Å². The van der Waals surface area contributed by atoms with Crippen molar-refractivity contribution in [2.45, 2.75) is 57.5 Å². The number of carbonyl (C=O) groups is 3. The molecule has 184 valence electrons. The molecule has 4 rings (SSSR count). The summed E-state index contributed by atoms with van der Waals surface area (Å²) < 4.78 is 0. The van der Waals surface area contributed by atoms with Crippen LogP contribution in [0.1, 0.15) is 60.0 Å². The second-order valence-corrected chi connectivity index (χ2v) is 9.64. The maximum atomic E-state index is 13.1. The number of likely N-dealkylation sites (tertiary alicyclic amines) is 1. The largest absolute Gasteiger partial charge is 0.351 e. The smallest absolute Gasteiger partial charge is 0.251 e. The SMILES string of the molecule is Cc1ccccc1C(=O)N[C@@H]1CCCCC1NC(=O)C1CCN(C(=O)/C=C/c2ccccc2)CC1. The molecular weight excluding hydrogens is 438 g/mol. The van der Waals surface area contributed by atoms with Crippen molar-refractivity contribution >= 4 is 23.8 Å². The number of nitrogens with one attached hydrogen (secondary N) is 2. The van der Waals surface area contributed by atoms with Gasteiger partial charge in [-0.1, -0.05) is 61.4 Å². The monoisotopic (exact) mass is 473 g/mol. The molecule has 0 aromatic heterocycles. The Bertz CT molecular complexity index is 1060. The molecule has 2 atom stereocenters. The third-order valence-electron chi connectivity index (χ3n) is 7.20. The molecule has 6 heteroatoms. The first-order valence-corrected chi connectivity index (χ1v) is 12.7. The molecule has 1 aliphatic heterocycles. The van der Waals surface area contributed by atoms with E-state index >= 15 is 0 Å². The normalized spacial score (nSPS) is 21.0. The third-order valence-corrected chi connectivity index (χ3v) is 7.20. The van der Waals surface area contributed by atoms with Crippen molar-refractivity contribution < 1.29 is 14.4 Å². The predicted octanol–water partition coefficient (Wildman–Crippen LogP) is 4.10. The lowest BCUT2D eigenvalue weighted by atomic mass is 9.88. The van der Waals surface area contributed by atoms with Crippen LogP contribution in [0.25, 0.3) is 6.08 Å². The van der Waals surface area contributed by atoms with Crippen LogP contribution in [-0.2, 0) is 9.59 Å². The molecule has 1 saturated carbocycles. The molecule has 6 nitrogen and oxygen atoms in total. The lowest BCUT2D eigenvalue weighted by Gasteiger charge is -2.35. The fourth-order valence-electron chi connectivity index (χ4n) is 5.05. The Kier molecular flexibility index (Phi) is 8.35. The third kappa shape index (κ3) is 6.59. The fourth-order valence-corrected chi connectivity index (χ4v) is 5.05. The van der Waals surface area contributed by atoms with Gasteiger partial charge in [0.25, 0.3) is 5.91 Å². The molecule has 0 spiro atoms. The Labute approximate surface area is 207 Å². The fraction of sp³-hybridized carbons (Fsp3) is 0.414. The molecule has 2 aromatic carbocycles. The van der Waals surface area contributed by atoms with Crippen LogP contribution in [0.5, 0.6) is 0 Å². The highest BCUT2D eigenvalue weighted by atomic mass is 16.2. The second-order valence-electron chi connectivity index (χ2n) is 9.64. The Balaban J connectivity index is 1.28. The van der Waals surface area contributed by atoms with E-state index in [0.717, 1.165) is 36.8 Å². The van der Waals surface area contributed by atoms with E-state index in [1.165, 1.54) is 0 Å². The quantitative estimate of drug-likeness (QED) is 0.620. The maximum Gasteiger partial charge on any atom is 0.251 e. The summed E-state index contributed by atoms with van der Waals surface area (Å²) >= 11 is 0. The summed E-state index contributed by atoms with van der Waals surface area (Å²) in [7, 11) is 0. The number of hydrogen-bond acceptors (Lipinski definition) is 3. The van der Waals surface area contributed by atoms with Gasteiger partial charge in [-0.3, -0.25) is 14.4 Å². The number of carbonyl (C=O) groups excluding carboxylic acids is 3. The van der Waals surface area contributed by atoms with E-state index in [4.69, 9.17) is 0 Å². The number of benzene rings is 2. The number of hydrogen-bond donors (Lipinski definition) is 2. The van der Waals surface area contributed by atoms with Crippen LogP contribution in [0.4, 0.5) is 0 Å². The zero-order valence-electron chi connectivity index (χ0n) is 20.4. The molecule has 2 aromatic rings. The van der Waals surface area contributed by atoms with Crippen LogP contribution in [0, 0.1) is 12.8 Å². The van der Waals surface area contributed by atoms with Crippen molar-refractivity contribution in [3.05, 3.63) is 77.4 Å². The number of rotatable bonds is 6. The number of nitrogens with zero attached hydrogens (tertiary/aromatic N) is 1. The minimum absolute atomic E-state index is 0.0148. The Hall–Kier alpha value is -3.41. The van der Waals surface area contributed by atoms with E-state index in [0.29, 0.717) is 31.5 Å². The average Bonchev–Trinajstić information content (AvgIpc) is 2.89. The molecule has 2 aliphatic rings. The van der Waals surface area contributed by atoms with E-state index < -0.39 is 0 Å². The average molecular weight is 474 g/mol. The summed E-state index contributed by atoms with van der Waals surface area (Å²) in [6.45, 7) is 3.09. The van der Waals surface area contributed by atoms with Gasteiger partial charge in [0.15, 0.2) is 0 Å². The second kappa shape index (κ2) is 11.8. The highest BCUT2D eigenvalue weighted by molar-refractivity contribution is 5.96. The van der Waals surface area contributed by atoms with Crippen LogP contribution >= 0.6 is 0 Å².